The molecule has 0 bridgehead atoms. The van der Waals surface area contributed by atoms with Crippen molar-refractivity contribution in [2.24, 2.45) is 0 Å². The second-order valence-corrected chi connectivity index (χ2v) is 7.92. The van der Waals surface area contributed by atoms with Gasteiger partial charge in [-0.15, -0.1) is 0 Å². The summed E-state index contributed by atoms with van der Waals surface area (Å²) in [4.78, 5) is 31.7. The molecule has 0 atom stereocenters. The Kier molecular flexibility index (Phi) is 5.72. The van der Waals surface area contributed by atoms with E-state index in [1.54, 1.807) is 47.6 Å². The number of carbonyl (C=O) groups excluding carboxylic acids is 2. The highest BCUT2D eigenvalue weighted by atomic mass is 16.3. The zero-order valence-electron chi connectivity index (χ0n) is 17.9. The van der Waals surface area contributed by atoms with E-state index >= 15 is 0 Å². The maximum Gasteiger partial charge on any atom is 0.272 e. The number of benzene rings is 1. The zero-order valence-corrected chi connectivity index (χ0v) is 17.9. The molecule has 8 heteroatoms. The number of hydrogen-bond acceptors (Lipinski definition) is 5. The van der Waals surface area contributed by atoms with Gasteiger partial charge in [-0.2, -0.15) is 5.10 Å². The largest absolute Gasteiger partial charge is 0.463 e. The second kappa shape index (κ2) is 9.12. The van der Waals surface area contributed by atoms with Gasteiger partial charge in [-0.1, -0.05) is 18.2 Å². The van der Waals surface area contributed by atoms with Gasteiger partial charge in [-0.3, -0.25) is 14.6 Å². The van der Waals surface area contributed by atoms with Crippen LogP contribution in [-0.2, 0) is 0 Å². The van der Waals surface area contributed by atoms with Crippen molar-refractivity contribution in [1.82, 2.24) is 25.0 Å². The first kappa shape index (κ1) is 20.7. The lowest BCUT2D eigenvalue weighted by atomic mass is 10.0. The molecule has 0 radical (unpaired) electrons. The number of rotatable bonds is 5. The van der Waals surface area contributed by atoms with Gasteiger partial charge in [0.05, 0.1) is 17.5 Å². The molecule has 0 spiro atoms. The molecular weight excluding hydrogens is 418 g/mol. The number of para-hydroxylation sites is 1. The number of likely N-dealkylation sites (tertiary alicyclic amines) is 1. The van der Waals surface area contributed by atoms with Crippen LogP contribution in [0.2, 0.25) is 0 Å². The third kappa shape index (κ3) is 4.41. The van der Waals surface area contributed by atoms with Crippen LogP contribution in [0, 0.1) is 0 Å². The fourth-order valence-electron chi connectivity index (χ4n) is 4.00. The lowest BCUT2D eigenvalue weighted by molar-refractivity contribution is 0.0689. The maximum atomic E-state index is 13.5. The summed E-state index contributed by atoms with van der Waals surface area (Å²) in [5, 5.41) is 7.69. The summed E-state index contributed by atoms with van der Waals surface area (Å²) in [6.45, 7) is 1.10. The molecule has 0 unspecified atom stereocenters. The molecule has 2 amide bonds. The Balaban J connectivity index is 1.31. The average Bonchev–Trinajstić information content (AvgIpc) is 3.56. The number of hydrogen-bond donors (Lipinski definition) is 1. The first-order valence-corrected chi connectivity index (χ1v) is 10.9. The minimum absolute atomic E-state index is 0.0134. The molecule has 1 N–H and O–H groups in total. The molecule has 8 nitrogen and oxygen atoms in total. The second-order valence-electron chi connectivity index (χ2n) is 7.92. The summed E-state index contributed by atoms with van der Waals surface area (Å²) in [5.41, 5.74) is 2.42. The number of amides is 2. The van der Waals surface area contributed by atoms with Crippen molar-refractivity contribution in [2.75, 3.05) is 13.1 Å². The number of pyridine rings is 1. The highest BCUT2D eigenvalue weighted by Gasteiger charge is 2.28. The molecule has 1 saturated heterocycles. The van der Waals surface area contributed by atoms with E-state index in [4.69, 9.17) is 4.42 Å². The van der Waals surface area contributed by atoms with Gasteiger partial charge in [0.2, 0.25) is 0 Å². The van der Waals surface area contributed by atoms with E-state index in [0.717, 1.165) is 5.69 Å². The molecule has 1 aliphatic heterocycles. The average molecular weight is 441 g/mol. The topological polar surface area (TPSA) is 93.3 Å². The van der Waals surface area contributed by atoms with E-state index in [2.05, 4.69) is 15.4 Å². The van der Waals surface area contributed by atoms with Gasteiger partial charge in [-0.25, -0.2) is 4.68 Å². The number of furan rings is 1. The molecular formula is C25H23N5O3. The van der Waals surface area contributed by atoms with Crippen LogP contribution < -0.4 is 5.32 Å². The predicted molar refractivity (Wildman–Crippen MR) is 122 cm³/mol. The Bertz CT molecular complexity index is 1230. The molecule has 3 aromatic heterocycles. The molecule has 0 aliphatic carbocycles. The zero-order chi connectivity index (χ0) is 22.6. The van der Waals surface area contributed by atoms with Crippen molar-refractivity contribution < 1.29 is 14.0 Å². The number of piperidine rings is 1. The fourth-order valence-corrected chi connectivity index (χ4v) is 4.00. The van der Waals surface area contributed by atoms with E-state index in [1.165, 1.54) is 0 Å². The first-order chi connectivity index (χ1) is 16.2. The van der Waals surface area contributed by atoms with Crippen LogP contribution in [0.1, 0.15) is 33.7 Å². The molecule has 1 aromatic carbocycles. The van der Waals surface area contributed by atoms with Crippen LogP contribution in [0.4, 0.5) is 0 Å². The van der Waals surface area contributed by atoms with Gasteiger partial charge >= 0.3 is 0 Å². The highest BCUT2D eigenvalue weighted by Crippen LogP contribution is 2.24. The lowest BCUT2D eigenvalue weighted by Gasteiger charge is -2.32. The number of nitrogens with zero attached hydrogens (tertiary/aromatic N) is 4. The van der Waals surface area contributed by atoms with Crippen molar-refractivity contribution in [3.8, 4) is 17.1 Å². The molecule has 1 aliphatic rings. The standard InChI is InChI=1S/C25H23N5O3/c31-24(18-6-4-12-26-17-18)27-19-10-13-29(14-11-19)25(32)22-16-21(23-9-5-15-33-23)28-30(22)20-7-2-1-3-8-20/h1-9,12,15-17,19H,10-11,13-14H2,(H,27,31). The Labute approximate surface area is 190 Å². The lowest BCUT2D eigenvalue weighted by Crippen LogP contribution is -2.46. The highest BCUT2D eigenvalue weighted by molar-refractivity contribution is 5.95. The van der Waals surface area contributed by atoms with E-state index < -0.39 is 0 Å². The quantitative estimate of drug-likeness (QED) is 0.511. The third-order valence-electron chi connectivity index (χ3n) is 5.74. The van der Waals surface area contributed by atoms with Crippen LogP contribution in [0.5, 0.6) is 0 Å². The first-order valence-electron chi connectivity index (χ1n) is 10.9. The van der Waals surface area contributed by atoms with Crippen molar-refractivity contribution in [3.63, 3.8) is 0 Å². The van der Waals surface area contributed by atoms with Crippen molar-refractivity contribution in [1.29, 1.82) is 0 Å². The molecule has 0 saturated carbocycles. The summed E-state index contributed by atoms with van der Waals surface area (Å²) in [6, 6.07) is 18.4. The SMILES string of the molecule is O=C(NC1CCN(C(=O)c2cc(-c3ccco3)nn2-c2ccccc2)CC1)c1cccnc1. The molecule has 4 aromatic rings. The summed E-state index contributed by atoms with van der Waals surface area (Å²) in [6.07, 6.45) is 6.14. The van der Waals surface area contributed by atoms with Gasteiger partial charge in [0, 0.05) is 37.6 Å². The van der Waals surface area contributed by atoms with Gasteiger partial charge in [0.25, 0.3) is 11.8 Å². The third-order valence-corrected chi connectivity index (χ3v) is 5.74. The smallest absolute Gasteiger partial charge is 0.272 e. The van der Waals surface area contributed by atoms with Gasteiger partial charge < -0.3 is 14.6 Å². The van der Waals surface area contributed by atoms with Crippen LogP contribution in [0.25, 0.3) is 17.1 Å². The Hall–Kier alpha value is -4.20. The fraction of sp³-hybridized carbons (Fsp3) is 0.200. The van der Waals surface area contributed by atoms with E-state index in [0.29, 0.717) is 48.6 Å². The van der Waals surface area contributed by atoms with Gasteiger partial charge in [0.1, 0.15) is 11.4 Å². The normalized spacial score (nSPS) is 14.2. The van der Waals surface area contributed by atoms with E-state index in [9.17, 15) is 9.59 Å². The maximum absolute atomic E-state index is 13.5. The van der Waals surface area contributed by atoms with Gasteiger partial charge in [0.15, 0.2) is 5.76 Å². The Morgan fingerprint density at radius 3 is 2.52 bits per heavy atom. The summed E-state index contributed by atoms with van der Waals surface area (Å²) in [5.74, 6) is 0.370. The van der Waals surface area contributed by atoms with E-state index in [1.807, 2.05) is 41.3 Å². The van der Waals surface area contributed by atoms with Crippen LogP contribution in [0.3, 0.4) is 0 Å². The van der Waals surface area contributed by atoms with Crippen molar-refractivity contribution in [3.05, 3.63) is 90.6 Å². The monoisotopic (exact) mass is 441 g/mol. The molecule has 33 heavy (non-hydrogen) atoms. The molecule has 5 rings (SSSR count). The van der Waals surface area contributed by atoms with E-state index in [-0.39, 0.29) is 17.9 Å². The minimum atomic E-state index is -0.141. The Morgan fingerprint density at radius 2 is 1.82 bits per heavy atom. The molecule has 166 valence electrons. The predicted octanol–water partition coefficient (Wildman–Crippen LogP) is 3.56. The summed E-state index contributed by atoms with van der Waals surface area (Å²) in [7, 11) is 0. The van der Waals surface area contributed by atoms with Crippen LogP contribution >= 0.6 is 0 Å². The minimum Gasteiger partial charge on any atom is -0.463 e. The van der Waals surface area contributed by atoms with Crippen molar-refractivity contribution in [2.45, 2.75) is 18.9 Å². The summed E-state index contributed by atoms with van der Waals surface area (Å²) >= 11 is 0. The van der Waals surface area contributed by atoms with Gasteiger partial charge in [-0.05, 0) is 49.2 Å². The van der Waals surface area contributed by atoms with Crippen LogP contribution in [-0.4, -0.2) is 50.6 Å². The number of aromatic nitrogens is 3. The molecule has 1 fully saturated rings. The summed E-state index contributed by atoms with van der Waals surface area (Å²) < 4.78 is 7.15. The Morgan fingerprint density at radius 1 is 1.00 bits per heavy atom. The number of carbonyl (C=O) groups is 2. The molecule has 4 heterocycles. The van der Waals surface area contributed by atoms with Crippen molar-refractivity contribution >= 4 is 11.8 Å². The van der Waals surface area contributed by atoms with Crippen LogP contribution in [0.15, 0.2) is 83.7 Å². The number of nitrogens with one attached hydrogen (secondary N) is 1.